The SMILES string of the molecule is O=C(CO)N1CCN(C(=O)CC2CCCCCC2)CC1. The number of nitrogens with zero attached hydrogens (tertiary/aromatic N) is 2. The lowest BCUT2D eigenvalue weighted by Crippen LogP contribution is -2.51. The zero-order valence-corrected chi connectivity index (χ0v) is 12.2. The molecular formula is C15H26N2O3. The highest BCUT2D eigenvalue weighted by molar-refractivity contribution is 5.79. The van der Waals surface area contributed by atoms with Crippen molar-refractivity contribution in [3.8, 4) is 0 Å². The molecule has 2 aliphatic rings. The Kier molecular flexibility index (Phi) is 5.83. The summed E-state index contributed by atoms with van der Waals surface area (Å²) in [5.41, 5.74) is 0. The van der Waals surface area contributed by atoms with Gasteiger partial charge in [-0.1, -0.05) is 25.7 Å². The lowest BCUT2D eigenvalue weighted by molar-refractivity contribution is -0.141. The third-order valence-electron chi connectivity index (χ3n) is 4.56. The lowest BCUT2D eigenvalue weighted by Gasteiger charge is -2.35. The summed E-state index contributed by atoms with van der Waals surface area (Å²) in [7, 11) is 0. The second kappa shape index (κ2) is 7.62. The Bertz CT molecular complexity index is 330. The molecule has 0 aromatic heterocycles. The van der Waals surface area contributed by atoms with E-state index >= 15 is 0 Å². The minimum Gasteiger partial charge on any atom is -0.387 e. The maximum atomic E-state index is 12.3. The second-order valence-electron chi connectivity index (χ2n) is 5.98. The Morgan fingerprint density at radius 3 is 1.85 bits per heavy atom. The molecule has 1 aliphatic carbocycles. The van der Waals surface area contributed by atoms with Crippen LogP contribution < -0.4 is 0 Å². The van der Waals surface area contributed by atoms with Crippen molar-refractivity contribution in [2.24, 2.45) is 5.92 Å². The lowest BCUT2D eigenvalue weighted by atomic mass is 9.96. The summed E-state index contributed by atoms with van der Waals surface area (Å²) < 4.78 is 0. The molecule has 0 aromatic carbocycles. The highest BCUT2D eigenvalue weighted by atomic mass is 16.3. The highest BCUT2D eigenvalue weighted by Crippen LogP contribution is 2.26. The summed E-state index contributed by atoms with van der Waals surface area (Å²) in [6.45, 7) is 1.89. The molecule has 1 N–H and O–H groups in total. The standard InChI is InChI=1S/C15H26N2O3/c18-12-15(20)17-9-7-16(8-10-17)14(19)11-13-5-3-1-2-4-6-13/h13,18H,1-12H2. The largest absolute Gasteiger partial charge is 0.387 e. The second-order valence-corrected chi connectivity index (χ2v) is 5.98. The summed E-state index contributed by atoms with van der Waals surface area (Å²) in [6.07, 6.45) is 8.20. The molecule has 5 nitrogen and oxygen atoms in total. The van der Waals surface area contributed by atoms with E-state index in [0.29, 0.717) is 38.5 Å². The fourth-order valence-corrected chi connectivity index (χ4v) is 3.25. The highest BCUT2D eigenvalue weighted by Gasteiger charge is 2.25. The first-order chi connectivity index (χ1) is 9.70. The third-order valence-corrected chi connectivity index (χ3v) is 4.56. The number of aliphatic hydroxyl groups excluding tert-OH is 1. The zero-order chi connectivity index (χ0) is 14.4. The minimum atomic E-state index is -0.435. The number of piperazine rings is 1. The molecule has 1 saturated carbocycles. The van der Waals surface area contributed by atoms with Crippen LogP contribution in [-0.2, 0) is 9.59 Å². The van der Waals surface area contributed by atoms with E-state index < -0.39 is 6.61 Å². The Hall–Kier alpha value is -1.10. The van der Waals surface area contributed by atoms with Crippen LogP contribution in [0.5, 0.6) is 0 Å². The molecule has 0 unspecified atom stereocenters. The summed E-state index contributed by atoms with van der Waals surface area (Å²) in [4.78, 5) is 27.2. The van der Waals surface area contributed by atoms with Crippen molar-refractivity contribution in [3.05, 3.63) is 0 Å². The van der Waals surface area contributed by atoms with Crippen molar-refractivity contribution in [2.45, 2.75) is 44.9 Å². The van der Waals surface area contributed by atoms with Crippen LogP contribution in [0, 0.1) is 5.92 Å². The van der Waals surface area contributed by atoms with Crippen LogP contribution in [0.15, 0.2) is 0 Å². The molecule has 1 aliphatic heterocycles. The van der Waals surface area contributed by atoms with Crippen LogP contribution in [-0.4, -0.2) is 59.5 Å². The molecule has 0 spiro atoms. The summed E-state index contributed by atoms with van der Waals surface area (Å²) in [5, 5.41) is 8.83. The van der Waals surface area contributed by atoms with Crippen molar-refractivity contribution in [1.29, 1.82) is 0 Å². The maximum absolute atomic E-state index is 12.3. The molecule has 0 bridgehead atoms. The van der Waals surface area contributed by atoms with Gasteiger partial charge in [0, 0.05) is 32.6 Å². The number of aliphatic hydroxyl groups is 1. The van der Waals surface area contributed by atoms with Crippen LogP contribution in [0.1, 0.15) is 44.9 Å². The van der Waals surface area contributed by atoms with E-state index in [0.717, 1.165) is 0 Å². The first-order valence-corrected chi connectivity index (χ1v) is 7.87. The number of carbonyl (C=O) groups is 2. The molecule has 5 heteroatoms. The Balaban J connectivity index is 1.75. The predicted molar refractivity (Wildman–Crippen MR) is 76.1 cm³/mol. The Labute approximate surface area is 120 Å². The van der Waals surface area contributed by atoms with Gasteiger partial charge >= 0.3 is 0 Å². The van der Waals surface area contributed by atoms with Gasteiger partial charge in [0.2, 0.25) is 11.8 Å². The Morgan fingerprint density at radius 2 is 1.35 bits per heavy atom. The van der Waals surface area contributed by atoms with Gasteiger partial charge in [0.05, 0.1) is 0 Å². The summed E-state index contributed by atoms with van der Waals surface area (Å²) in [6, 6.07) is 0. The number of hydrogen-bond acceptors (Lipinski definition) is 3. The molecule has 2 rings (SSSR count). The van der Waals surface area contributed by atoms with Gasteiger partial charge in [-0.05, 0) is 18.8 Å². The van der Waals surface area contributed by atoms with E-state index in [4.69, 9.17) is 5.11 Å². The van der Waals surface area contributed by atoms with E-state index in [-0.39, 0.29) is 11.8 Å². The third kappa shape index (κ3) is 4.20. The van der Waals surface area contributed by atoms with Crippen LogP contribution in [0.3, 0.4) is 0 Å². The molecule has 0 radical (unpaired) electrons. The van der Waals surface area contributed by atoms with E-state index in [1.54, 1.807) is 4.90 Å². The zero-order valence-electron chi connectivity index (χ0n) is 12.2. The van der Waals surface area contributed by atoms with E-state index in [1.165, 1.54) is 38.5 Å². The molecule has 2 fully saturated rings. The van der Waals surface area contributed by atoms with Gasteiger partial charge in [-0.15, -0.1) is 0 Å². The van der Waals surface area contributed by atoms with E-state index in [9.17, 15) is 9.59 Å². The van der Waals surface area contributed by atoms with E-state index in [1.807, 2.05) is 4.90 Å². The number of hydrogen-bond donors (Lipinski definition) is 1. The van der Waals surface area contributed by atoms with Crippen molar-refractivity contribution in [3.63, 3.8) is 0 Å². The predicted octanol–water partition coefficient (Wildman–Crippen LogP) is 1.01. The van der Waals surface area contributed by atoms with Crippen molar-refractivity contribution in [2.75, 3.05) is 32.8 Å². The fraction of sp³-hybridized carbons (Fsp3) is 0.867. The number of amides is 2. The van der Waals surface area contributed by atoms with Gasteiger partial charge in [0.15, 0.2) is 0 Å². The Morgan fingerprint density at radius 1 is 0.850 bits per heavy atom. The van der Waals surface area contributed by atoms with Crippen LogP contribution >= 0.6 is 0 Å². The van der Waals surface area contributed by atoms with Crippen molar-refractivity contribution >= 4 is 11.8 Å². The molecule has 0 aromatic rings. The topological polar surface area (TPSA) is 60.9 Å². The smallest absolute Gasteiger partial charge is 0.248 e. The average molecular weight is 282 g/mol. The maximum Gasteiger partial charge on any atom is 0.248 e. The first-order valence-electron chi connectivity index (χ1n) is 7.87. The van der Waals surface area contributed by atoms with Gasteiger partial charge in [-0.2, -0.15) is 0 Å². The summed E-state index contributed by atoms with van der Waals surface area (Å²) in [5.74, 6) is 0.566. The van der Waals surface area contributed by atoms with Gasteiger partial charge in [0.1, 0.15) is 6.61 Å². The van der Waals surface area contributed by atoms with Crippen LogP contribution in [0.2, 0.25) is 0 Å². The van der Waals surface area contributed by atoms with Gasteiger partial charge in [-0.25, -0.2) is 0 Å². The molecule has 20 heavy (non-hydrogen) atoms. The van der Waals surface area contributed by atoms with Crippen molar-refractivity contribution in [1.82, 2.24) is 9.80 Å². The first kappa shape index (κ1) is 15.3. The van der Waals surface area contributed by atoms with Gasteiger partial charge < -0.3 is 14.9 Å². The monoisotopic (exact) mass is 282 g/mol. The average Bonchev–Trinajstić information content (AvgIpc) is 2.75. The van der Waals surface area contributed by atoms with Crippen LogP contribution in [0.4, 0.5) is 0 Å². The molecule has 114 valence electrons. The van der Waals surface area contributed by atoms with Gasteiger partial charge in [-0.3, -0.25) is 9.59 Å². The molecule has 1 heterocycles. The van der Waals surface area contributed by atoms with Crippen LogP contribution in [0.25, 0.3) is 0 Å². The van der Waals surface area contributed by atoms with E-state index in [2.05, 4.69) is 0 Å². The molecule has 2 amide bonds. The van der Waals surface area contributed by atoms with Crippen molar-refractivity contribution < 1.29 is 14.7 Å². The minimum absolute atomic E-state index is 0.235. The number of rotatable bonds is 3. The number of carbonyl (C=O) groups excluding carboxylic acids is 2. The molecular weight excluding hydrogens is 256 g/mol. The summed E-state index contributed by atoms with van der Waals surface area (Å²) >= 11 is 0. The molecule has 0 atom stereocenters. The normalized spacial score (nSPS) is 21.6. The quantitative estimate of drug-likeness (QED) is 0.786. The van der Waals surface area contributed by atoms with Gasteiger partial charge in [0.25, 0.3) is 0 Å². The molecule has 1 saturated heterocycles. The fourth-order valence-electron chi connectivity index (χ4n) is 3.25.